The molecule has 0 spiro atoms. The van der Waals surface area contributed by atoms with Gasteiger partial charge >= 0.3 is 0 Å². The van der Waals surface area contributed by atoms with Crippen LogP contribution in [0.3, 0.4) is 0 Å². The van der Waals surface area contributed by atoms with Gasteiger partial charge in [0.1, 0.15) is 18.4 Å². The molecule has 4 aromatic rings. The molecule has 1 aliphatic rings. The van der Waals surface area contributed by atoms with E-state index in [0.29, 0.717) is 17.0 Å². The Balaban J connectivity index is 1.41. The number of ether oxygens (including phenoxy) is 1. The fraction of sp³-hybridized carbons (Fsp3) is 0.120. The highest BCUT2D eigenvalue weighted by atomic mass is 16.5. The molecule has 0 saturated heterocycles. The minimum absolute atomic E-state index is 0.0770. The van der Waals surface area contributed by atoms with E-state index in [9.17, 15) is 9.59 Å². The van der Waals surface area contributed by atoms with Gasteiger partial charge in [0.15, 0.2) is 0 Å². The van der Waals surface area contributed by atoms with Crippen LogP contribution in [0.15, 0.2) is 79.0 Å². The molecular formula is C25H21N3O3. The summed E-state index contributed by atoms with van der Waals surface area (Å²) in [5, 5.41) is 3.79. The molecule has 0 bridgehead atoms. The Hall–Kier alpha value is -4.06. The summed E-state index contributed by atoms with van der Waals surface area (Å²) < 4.78 is 5.79. The van der Waals surface area contributed by atoms with Crippen molar-refractivity contribution in [3.05, 3.63) is 84.6 Å². The third-order valence-corrected chi connectivity index (χ3v) is 5.59. The SMILES string of the molecule is CN1C(=O)[C@@H](NC(=O)c2ccc3[nH]cc(-c4ccccc4)c3c2)COc2ccccc21. The van der Waals surface area contributed by atoms with E-state index in [1.54, 1.807) is 13.1 Å². The minimum atomic E-state index is -0.777. The molecule has 6 heteroatoms. The van der Waals surface area contributed by atoms with E-state index in [2.05, 4.69) is 10.3 Å². The zero-order valence-electron chi connectivity index (χ0n) is 17.0. The molecule has 0 aliphatic carbocycles. The van der Waals surface area contributed by atoms with Crippen LogP contribution in [0.2, 0.25) is 0 Å². The van der Waals surface area contributed by atoms with Crippen molar-refractivity contribution in [1.82, 2.24) is 10.3 Å². The topological polar surface area (TPSA) is 74.4 Å². The average Bonchev–Trinajstić information content (AvgIpc) is 3.20. The number of hydrogen-bond acceptors (Lipinski definition) is 3. The number of para-hydroxylation sites is 2. The number of anilines is 1. The maximum absolute atomic E-state index is 13.0. The van der Waals surface area contributed by atoms with Gasteiger partial charge in [-0.3, -0.25) is 9.59 Å². The molecule has 3 aromatic carbocycles. The molecule has 154 valence electrons. The summed E-state index contributed by atoms with van der Waals surface area (Å²) in [5.74, 6) is 0.0887. The number of H-pyrrole nitrogens is 1. The van der Waals surface area contributed by atoms with Crippen molar-refractivity contribution >= 4 is 28.4 Å². The summed E-state index contributed by atoms with van der Waals surface area (Å²) in [6.07, 6.45) is 1.94. The number of carbonyl (C=O) groups excluding carboxylic acids is 2. The number of aromatic nitrogens is 1. The quantitative estimate of drug-likeness (QED) is 0.535. The first kappa shape index (κ1) is 18.9. The second-order valence-corrected chi connectivity index (χ2v) is 7.53. The highest BCUT2D eigenvalue weighted by molar-refractivity contribution is 6.06. The van der Waals surface area contributed by atoms with Crippen LogP contribution < -0.4 is 15.0 Å². The van der Waals surface area contributed by atoms with Crippen LogP contribution in [0.4, 0.5) is 5.69 Å². The normalized spacial score (nSPS) is 15.8. The lowest BCUT2D eigenvalue weighted by molar-refractivity contribution is -0.120. The van der Waals surface area contributed by atoms with Crippen molar-refractivity contribution in [3.8, 4) is 16.9 Å². The maximum atomic E-state index is 13.0. The number of likely N-dealkylation sites (N-methyl/N-ethyl adjacent to an activating group) is 1. The van der Waals surface area contributed by atoms with Crippen molar-refractivity contribution in [3.63, 3.8) is 0 Å². The number of nitrogens with one attached hydrogen (secondary N) is 2. The van der Waals surface area contributed by atoms with Gasteiger partial charge in [0.2, 0.25) is 0 Å². The molecule has 0 radical (unpaired) electrons. The number of benzene rings is 3. The van der Waals surface area contributed by atoms with Crippen LogP contribution in [-0.4, -0.2) is 36.5 Å². The van der Waals surface area contributed by atoms with Crippen LogP contribution in [-0.2, 0) is 4.79 Å². The molecule has 5 rings (SSSR count). The lowest BCUT2D eigenvalue weighted by Gasteiger charge is -2.20. The Morgan fingerprint density at radius 2 is 1.84 bits per heavy atom. The summed E-state index contributed by atoms with van der Waals surface area (Å²) >= 11 is 0. The highest BCUT2D eigenvalue weighted by Gasteiger charge is 2.30. The first-order valence-corrected chi connectivity index (χ1v) is 10.1. The molecule has 2 heterocycles. The summed E-state index contributed by atoms with van der Waals surface area (Å²) in [6, 6.07) is 22.0. The molecule has 2 N–H and O–H groups in total. The minimum Gasteiger partial charge on any atom is -0.489 e. The molecule has 0 saturated carbocycles. The third-order valence-electron chi connectivity index (χ3n) is 5.59. The molecule has 1 aliphatic heterocycles. The summed E-state index contributed by atoms with van der Waals surface area (Å²) in [6.45, 7) is 0.0770. The largest absolute Gasteiger partial charge is 0.489 e. The summed E-state index contributed by atoms with van der Waals surface area (Å²) in [4.78, 5) is 30.7. The molecule has 1 aromatic heterocycles. The predicted octanol–water partition coefficient (Wildman–Crippen LogP) is 3.99. The highest BCUT2D eigenvalue weighted by Crippen LogP contribution is 2.31. The lowest BCUT2D eigenvalue weighted by Crippen LogP contribution is -2.49. The predicted molar refractivity (Wildman–Crippen MR) is 120 cm³/mol. The van der Waals surface area contributed by atoms with Gasteiger partial charge < -0.3 is 19.9 Å². The number of hydrogen-bond donors (Lipinski definition) is 2. The molecule has 31 heavy (non-hydrogen) atoms. The number of fused-ring (bicyclic) bond motifs is 2. The van der Waals surface area contributed by atoms with Crippen LogP contribution in [0.5, 0.6) is 5.75 Å². The van der Waals surface area contributed by atoms with Gasteiger partial charge in [-0.05, 0) is 35.9 Å². The Kier molecular flexibility index (Phi) is 4.67. The molecular weight excluding hydrogens is 390 g/mol. The Labute approximate surface area is 179 Å². The maximum Gasteiger partial charge on any atom is 0.252 e. The van der Waals surface area contributed by atoms with E-state index in [1.807, 2.05) is 72.9 Å². The average molecular weight is 411 g/mol. The summed E-state index contributed by atoms with van der Waals surface area (Å²) in [5.41, 5.74) is 4.21. The summed E-state index contributed by atoms with van der Waals surface area (Å²) in [7, 11) is 1.69. The van der Waals surface area contributed by atoms with Gasteiger partial charge in [0, 0.05) is 35.3 Å². The van der Waals surface area contributed by atoms with Crippen molar-refractivity contribution < 1.29 is 14.3 Å². The Morgan fingerprint density at radius 3 is 2.68 bits per heavy atom. The number of rotatable bonds is 3. The van der Waals surface area contributed by atoms with Crippen molar-refractivity contribution in [2.45, 2.75) is 6.04 Å². The smallest absolute Gasteiger partial charge is 0.252 e. The van der Waals surface area contributed by atoms with Gasteiger partial charge in [-0.15, -0.1) is 0 Å². The number of nitrogens with zero attached hydrogens (tertiary/aromatic N) is 1. The molecule has 2 amide bonds. The van der Waals surface area contributed by atoms with Gasteiger partial charge in [0.05, 0.1) is 5.69 Å². The van der Waals surface area contributed by atoms with Crippen LogP contribution in [0.1, 0.15) is 10.4 Å². The van der Waals surface area contributed by atoms with Crippen molar-refractivity contribution in [2.24, 2.45) is 0 Å². The second-order valence-electron chi connectivity index (χ2n) is 7.53. The van der Waals surface area contributed by atoms with E-state index < -0.39 is 6.04 Å². The first-order chi connectivity index (χ1) is 15.1. The van der Waals surface area contributed by atoms with Gasteiger partial charge in [-0.25, -0.2) is 0 Å². The monoisotopic (exact) mass is 411 g/mol. The van der Waals surface area contributed by atoms with Gasteiger partial charge in [-0.2, -0.15) is 0 Å². The third kappa shape index (κ3) is 3.42. The zero-order chi connectivity index (χ0) is 21.4. The van der Waals surface area contributed by atoms with E-state index >= 15 is 0 Å². The van der Waals surface area contributed by atoms with Crippen molar-refractivity contribution in [2.75, 3.05) is 18.6 Å². The van der Waals surface area contributed by atoms with Crippen LogP contribution in [0, 0.1) is 0 Å². The molecule has 6 nitrogen and oxygen atoms in total. The zero-order valence-corrected chi connectivity index (χ0v) is 17.0. The van der Waals surface area contributed by atoms with E-state index in [0.717, 1.165) is 22.0 Å². The Bertz CT molecular complexity index is 1280. The van der Waals surface area contributed by atoms with Crippen LogP contribution >= 0.6 is 0 Å². The molecule has 0 unspecified atom stereocenters. The van der Waals surface area contributed by atoms with E-state index in [4.69, 9.17) is 4.74 Å². The van der Waals surface area contributed by atoms with E-state index in [1.165, 1.54) is 4.90 Å². The van der Waals surface area contributed by atoms with Gasteiger partial charge in [0.25, 0.3) is 11.8 Å². The number of carbonyl (C=O) groups is 2. The second kappa shape index (κ2) is 7.65. The fourth-order valence-electron chi connectivity index (χ4n) is 3.92. The van der Waals surface area contributed by atoms with Crippen molar-refractivity contribution in [1.29, 1.82) is 0 Å². The number of aromatic amines is 1. The van der Waals surface area contributed by atoms with Crippen LogP contribution in [0.25, 0.3) is 22.0 Å². The lowest BCUT2D eigenvalue weighted by atomic mass is 10.0. The van der Waals surface area contributed by atoms with E-state index in [-0.39, 0.29) is 18.4 Å². The number of amides is 2. The molecule has 0 fully saturated rings. The standard InChI is InChI=1S/C25H21N3O3/c1-28-22-9-5-6-10-23(22)31-15-21(25(28)30)27-24(29)17-11-12-20-18(13-17)19(14-26-20)16-7-3-2-4-8-16/h2-14,21,26H,15H2,1H3,(H,27,29)/t21-/m0/s1. The Morgan fingerprint density at radius 1 is 1.06 bits per heavy atom. The first-order valence-electron chi connectivity index (χ1n) is 10.1. The fourth-order valence-corrected chi connectivity index (χ4v) is 3.92. The molecule has 1 atom stereocenters. The van der Waals surface area contributed by atoms with Gasteiger partial charge in [-0.1, -0.05) is 42.5 Å².